The van der Waals surface area contributed by atoms with Gasteiger partial charge in [-0.15, -0.1) is 0 Å². The van der Waals surface area contributed by atoms with Crippen LogP contribution in [0.3, 0.4) is 0 Å². The first-order valence-electron chi connectivity index (χ1n) is 13.7. The van der Waals surface area contributed by atoms with Crippen LogP contribution >= 0.6 is 0 Å². The van der Waals surface area contributed by atoms with Gasteiger partial charge in [0.2, 0.25) is 0 Å². The van der Waals surface area contributed by atoms with E-state index in [0.717, 1.165) is 12.8 Å². The number of nitrogens with zero attached hydrogens (tertiary/aromatic N) is 1. The molecule has 4 fully saturated rings. The van der Waals surface area contributed by atoms with Crippen LogP contribution in [0.1, 0.15) is 42.4 Å². The Morgan fingerprint density at radius 3 is 1.68 bits per heavy atom. The van der Waals surface area contributed by atoms with E-state index >= 15 is 0 Å². The molecule has 2 heterocycles. The van der Waals surface area contributed by atoms with Crippen LogP contribution in [0.2, 0.25) is 0 Å². The third kappa shape index (κ3) is 4.33. The van der Waals surface area contributed by atoms with E-state index < -0.39 is 0 Å². The smallest absolute Gasteiger partial charge is 0.106 e. The van der Waals surface area contributed by atoms with Gasteiger partial charge in [0.1, 0.15) is 12.2 Å². The number of fused-ring (bicyclic) bond motifs is 3. The highest BCUT2D eigenvalue weighted by molar-refractivity contribution is 5.29. The summed E-state index contributed by atoms with van der Waals surface area (Å²) < 4.78 is 19.8. The summed E-state index contributed by atoms with van der Waals surface area (Å²) in [7, 11) is 0. The van der Waals surface area contributed by atoms with E-state index in [-0.39, 0.29) is 35.3 Å². The fraction of sp³-hybridized carbons (Fsp3) is 0.438. The SMILES string of the molecule is c1ccc(COC[C@@H]2[C@@H](OCc3ccccc3)[C@H](OCc3ccccc3)[C@@H]3N2OC2(CC2)C32CC2)cc1. The van der Waals surface area contributed by atoms with Crippen molar-refractivity contribution >= 4 is 0 Å². The van der Waals surface area contributed by atoms with Crippen LogP contribution in [0.4, 0.5) is 0 Å². The number of rotatable bonds is 10. The minimum Gasteiger partial charge on any atom is -0.375 e. The Bertz CT molecular complexity index is 1180. The fourth-order valence-corrected chi connectivity index (χ4v) is 6.69. The zero-order valence-electron chi connectivity index (χ0n) is 21.2. The first-order valence-corrected chi connectivity index (χ1v) is 13.7. The van der Waals surface area contributed by atoms with Crippen LogP contribution in [-0.4, -0.2) is 41.6 Å². The van der Waals surface area contributed by atoms with Crippen molar-refractivity contribution in [3.63, 3.8) is 0 Å². The average Bonchev–Trinajstić information content (AvgIpc) is 3.86. The molecule has 2 saturated carbocycles. The Morgan fingerprint density at radius 2 is 1.16 bits per heavy atom. The van der Waals surface area contributed by atoms with Gasteiger partial charge in [-0.2, -0.15) is 5.06 Å². The normalized spacial score (nSPS) is 28.5. The summed E-state index contributed by atoms with van der Waals surface area (Å²) in [5.41, 5.74) is 3.73. The zero-order chi connectivity index (χ0) is 24.7. The van der Waals surface area contributed by atoms with Gasteiger partial charge in [-0.05, 0) is 42.4 Å². The quantitative estimate of drug-likeness (QED) is 0.360. The summed E-state index contributed by atoms with van der Waals surface area (Å²) in [5, 5.41) is 2.26. The molecule has 4 atom stereocenters. The molecule has 5 nitrogen and oxygen atoms in total. The molecule has 0 unspecified atom stereocenters. The highest BCUT2D eigenvalue weighted by Gasteiger charge is 2.80. The van der Waals surface area contributed by atoms with E-state index in [0.29, 0.717) is 26.4 Å². The molecule has 192 valence electrons. The molecule has 0 amide bonds. The molecule has 5 heteroatoms. The molecule has 3 aromatic rings. The Hall–Kier alpha value is -2.54. The third-order valence-corrected chi connectivity index (χ3v) is 8.83. The number of hydrogen-bond donors (Lipinski definition) is 0. The maximum Gasteiger partial charge on any atom is 0.106 e. The van der Waals surface area contributed by atoms with Crippen LogP contribution in [0, 0.1) is 5.41 Å². The summed E-state index contributed by atoms with van der Waals surface area (Å²) >= 11 is 0. The summed E-state index contributed by atoms with van der Waals surface area (Å²) in [6.45, 7) is 2.24. The van der Waals surface area contributed by atoms with Crippen LogP contribution in [-0.2, 0) is 38.9 Å². The summed E-state index contributed by atoms with van der Waals surface area (Å²) in [6.07, 6.45) is 4.51. The maximum atomic E-state index is 6.83. The van der Waals surface area contributed by atoms with E-state index in [4.69, 9.17) is 19.0 Å². The van der Waals surface area contributed by atoms with Gasteiger partial charge in [0.15, 0.2) is 0 Å². The summed E-state index contributed by atoms with van der Waals surface area (Å²) in [4.78, 5) is 6.83. The predicted molar refractivity (Wildman–Crippen MR) is 140 cm³/mol. The first kappa shape index (κ1) is 23.6. The molecular formula is C32H35NO4. The highest BCUT2D eigenvalue weighted by atomic mass is 16.7. The molecule has 3 aromatic carbocycles. The largest absolute Gasteiger partial charge is 0.375 e. The fourth-order valence-electron chi connectivity index (χ4n) is 6.69. The number of ether oxygens (including phenoxy) is 3. The lowest BCUT2D eigenvalue weighted by molar-refractivity contribution is -0.206. The predicted octanol–water partition coefficient (Wildman–Crippen LogP) is 5.68. The van der Waals surface area contributed by atoms with Crippen molar-refractivity contribution in [3.8, 4) is 0 Å². The Labute approximate surface area is 219 Å². The molecule has 0 bridgehead atoms. The van der Waals surface area contributed by atoms with Crippen molar-refractivity contribution in [1.82, 2.24) is 5.06 Å². The monoisotopic (exact) mass is 497 g/mol. The second-order valence-corrected chi connectivity index (χ2v) is 11.1. The van der Waals surface area contributed by atoms with Crippen molar-refractivity contribution in [2.75, 3.05) is 6.61 Å². The molecule has 2 spiro atoms. The minimum atomic E-state index is -0.140. The average molecular weight is 498 g/mol. The molecule has 7 rings (SSSR count). The molecule has 4 aliphatic rings. The van der Waals surface area contributed by atoms with Crippen molar-refractivity contribution in [2.45, 2.75) is 75.4 Å². The van der Waals surface area contributed by atoms with Crippen molar-refractivity contribution in [1.29, 1.82) is 0 Å². The summed E-state index contributed by atoms with van der Waals surface area (Å²) in [6, 6.07) is 31.4. The Morgan fingerprint density at radius 1 is 0.649 bits per heavy atom. The van der Waals surface area contributed by atoms with Gasteiger partial charge in [0.05, 0.1) is 44.1 Å². The first-order chi connectivity index (χ1) is 18.3. The number of hydroxylamine groups is 2. The van der Waals surface area contributed by atoms with Crippen molar-refractivity contribution < 1.29 is 19.0 Å². The zero-order valence-corrected chi connectivity index (χ0v) is 21.2. The standard InChI is InChI=1S/C32H35NO4/c1-4-10-24(11-5-1)20-34-23-27-28(35-21-25-12-6-2-7-13-25)29(36-22-26-14-8-3-9-15-26)30-31(16-17-31)32(18-19-32)37-33(27)30/h1-15,27-30H,16-23H2/t27-,28-,29+,30+/m1/s1. The van der Waals surface area contributed by atoms with Crippen LogP contribution in [0.15, 0.2) is 91.0 Å². The molecule has 0 radical (unpaired) electrons. The van der Waals surface area contributed by atoms with Gasteiger partial charge in [0, 0.05) is 5.41 Å². The number of benzene rings is 3. The van der Waals surface area contributed by atoms with Crippen LogP contribution < -0.4 is 0 Å². The Kier molecular flexibility index (Phi) is 6.14. The lowest BCUT2D eigenvalue weighted by atomic mass is 9.86. The lowest BCUT2D eigenvalue weighted by Crippen LogP contribution is -2.44. The van der Waals surface area contributed by atoms with Gasteiger partial charge < -0.3 is 14.2 Å². The van der Waals surface area contributed by atoms with E-state index in [1.165, 1.54) is 29.5 Å². The molecule has 2 aliphatic heterocycles. The lowest BCUT2D eigenvalue weighted by Gasteiger charge is -2.30. The molecule has 0 aromatic heterocycles. The van der Waals surface area contributed by atoms with Crippen LogP contribution in [0.25, 0.3) is 0 Å². The van der Waals surface area contributed by atoms with Gasteiger partial charge in [0.25, 0.3) is 0 Å². The van der Waals surface area contributed by atoms with Gasteiger partial charge in [-0.1, -0.05) is 91.0 Å². The van der Waals surface area contributed by atoms with Gasteiger partial charge in [-0.3, -0.25) is 4.84 Å². The minimum absolute atomic E-state index is 0.00804. The maximum absolute atomic E-state index is 6.83. The van der Waals surface area contributed by atoms with Crippen molar-refractivity contribution in [2.24, 2.45) is 5.41 Å². The summed E-state index contributed by atoms with van der Waals surface area (Å²) in [5.74, 6) is 0. The van der Waals surface area contributed by atoms with E-state index in [9.17, 15) is 0 Å². The van der Waals surface area contributed by atoms with E-state index in [1.807, 2.05) is 18.2 Å². The topological polar surface area (TPSA) is 40.2 Å². The second kappa shape index (κ2) is 9.64. The Balaban J connectivity index is 1.16. The molecular weight excluding hydrogens is 462 g/mol. The van der Waals surface area contributed by atoms with Gasteiger partial charge >= 0.3 is 0 Å². The number of hydrogen-bond acceptors (Lipinski definition) is 5. The third-order valence-electron chi connectivity index (χ3n) is 8.83. The van der Waals surface area contributed by atoms with E-state index in [2.05, 4.69) is 77.9 Å². The van der Waals surface area contributed by atoms with Crippen molar-refractivity contribution in [3.05, 3.63) is 108 Å². The second-order valence-electron chi connectivity index (χ2n) is 11.1. The molecule has 2 aliphatic carbocycles. The van der Waals surface area contributed by atoms with E-state index in [1.54, 1.807) is 0 Å². The molecule has 37 heavy (non-hydrogen) atoms. The van der Waals surface area contributed by atoms with Crippen LogP contribution in [0.5, 0.6) is 0 Å². The van der Waals surface area contributed by atoms with Gasteiger partial charge in [-0.25, -0.2) is 0 Å². The molecule has 2 saturated heterocycles. The molecule has 0 N–H and O–H groups in total. The highest BCUT2D eigenvalue weighted by Crippen LogP contribution is 2.74.